The molecular formula is C84H137N29O26. The molecule has 19 amide bonds. The van der Waals surface area contributed by atoms with E-state index in [9.17, 15) is 127 Å². The van der Waals surface area contributed by atoms with Gasteiger partial charge in [-0.1, -0.05) is 83.0 Å². The van der Waals surface area contributed by atoms with Gasteiger partial charge < -0.3 is 171 Å². The fourth-order valence-corrected chi connectivity index (χ4v) is 12.9. The van der Waals surface area contributed by atoms with E-state index >= 15 is 0 Å². The molecule has 2 rings (SSSR count). The minimum Gasteiger partial charge on any atom is -0.508 e. The molecule has 0 saturated carbocycles. The van der Waals surface area contributed by atoms with Gasteiger partial charge in [0.15, 0.2) is 17.9 Å². The number of carbonyl (C=O) groups excluding carboxylic acids is 19. The van der Waals surface area contributed by atoms with Crippen LogP contribution in [0.25, 0.3) is 0 Å². The molecule has 55 nitrogen and oxygen atoms in total. The second-order valence-corrected chi connectivity index (χ2v) is 33.1. The Morgan fingerprint density at radius 1 is 0.338 bits per heavy atom. The van der Waals surface area contributed by atoms with Crippen LogP contribution in [0.4, 0.5) is 0 Å². The highest BCUT2D eigenvalue weighted by atomic mass is 16.4. The largest absolute Gasteiger partial charge is 0.508 e. The van der Waals surface area contributed by atoms with E-state index < -0.39 is 295 Å². The number of phenolic OH excluding ortho intramolecular Hbond substituents is 1. The lowest BCUT2D eigenvalue weighted by Crippen LogP contribution is -2.62. The molecule has 0 aliphatic heterocycles. The molecule has 139 heavy (non-hydrogen) atoms. The molecule has 2 aromatic carbocycles. The average molecular weight is 1970 g/mol. The van der Waals surface area contributed by atoms with Gasteiger partial charge in [-0.05, 0) is 115 Å². The van der Waals surface area contributed by atoms with Crippen molar-refractivity contribution in [1.29, 1.82) is 16.2 Å². The van der Waals surface area contributed by atoms with E-state index in [0.717, 1.165) is 27.7 Å². The second kappa shape index (κ2) is 61.4. The van der Waals surface area contributed by atoms with Crippen LogP contribution in [0.1, 0.15) is 145 Å². The number of nitrogens with one attached hydrogen (secondary N) is 23. The van der Waals surface area contributed by atoms with Crippen molar-refractivity contribution in [3.63, 3.8) is 0 Å². The maximum atomic E-state index is 14.6. The second-order valence-electron chi connectivity index (χ2n) is 33.1. The van der Waals surface area contributed by atoms with E-state index in [2.05, 4.69) is 106 Å². The van der Waals surface area contributed by atoms with Crippen molar-refractivity contribution >= 4 is 136 Å². The van der Waals surface area contributed by atoms with Gasteiger partial charge in [0, 0.05) is 32.5 Å². The van der Waals surface area contributed by atoms with Gasteiger partial charge in [0.1, 0.15) is 102 Å². The average Bonchev–Trinajstić information content (AvgIpc) is 0.844. The van der Waals surface area contributed by atoms with E-state index in [0.29, 0.717) is 17.5 Å². The van der Waals surface area contributed by atoms with Gasteiger partial charge in [-0.25, -0.2) is 0 Å². The highest BCUT2D eigenvalue weighted by molar-refractivity contribution is 6.02. The number of benzene rings is 2. The first kappa shape index (κ1) is 120. The zero-order chi connectivity index (χ0) is 105. The van der Waals surface area contributed by atoms with Crippen LogP contribution in [0.3, 0.4) is 0 Å². The van der Waals surface area contributed by atoms with Crippen molar-refractivity contribution in [1.82, 2.24) is 106 Å². The van der Waals surface area contributed by atoms with Crippen LogP contribution in [0.2, 0.25) is 0 Å². The molecule has 0 fully saturated rings. The molecule has 55 heteroatoms. The summed E-state index contributed by atoms with van der Waals surface area (Å²) < 4.78 is 0. The summed E-state index contributed by atoms with van der Waals surface area (Å²) in [6.07, 6.45) is -7.80. The molecule has 41 N–H and O–H groups in total. The number of rotatable bonds is 63. The van der Waals surface area contributed by atoms with Crippen molar-refractivity contribution in [3.05, 3.63) is 65.7 Å². The van der Waals surface area contributed by atoms with E-state index in [1.165, 1.54) is 45.0 Å². The Kier molecular flexibility index (Phi) is 53.1. The van der Waals surface area contributed by atoms with E-state index in [1.807, 2.05) is 0 Å². The third-order valence-electron chi connectivity index (χ3n) is 21.3. The molecule has 2 aromatic rings. The predicted molar refractivity (Wildman–Crippen MR) is 496 cm³/mol. The standard InChI is InChI=1S/C84H137N29O26/c1-11-38(3)62(66(87)124)110-69(127)42(7)100-75(133)54(33-57(85)119)107-72(130)51(23-18-30-96-84(92)93)104-71(129)49(21-16-28-94-82(88)89)102-59(121)36-98-79(137)64(44(9)116)112-73(131)50(22-17-29-95-83(90)91)103-58(120)35-97-70(128)56(37-114)109-68(126)41(6)101-80(138)63(39(4)12-2)111-77(135)53(31-46-19-14-13-15-20-46)106-76(134)55(34-60(122)123)105-67(125)40(5)99-74(132)52(32-47-24-26-48(118)27-25-47)108-81(139)65(45(10)117)113-78(136)61(86)43(8)115/h13-15,19-20,24-27,38-45,49-56,61-65,114-118H,11-12,16-18,21-23,28-37,86H2,1-10H3,(H2,85,119)(H2,87,124)(H,97,128)(H,98,137)(H,99,132)(H,100,133)(H,101,138)(H,102,121)(H,103,120)(H,104,129)(H,105,125)(H,106,134)(H,107,130)(H,108,139)(H,109,126)(H,110,127)(H,111,135)(H,112,131)(H,113,136)(H,122,123)(H4,88,89,94)(H4,90,91,95)(H4,92,93,96)/t38-,39-,40-,41-,42-,43+,44+,45+,49-,50-,51-,52-,53-,54-,55-,56-,61-,62-,63-,64-,65-/m0/s1. The van der Waals surface area contributed by atoms with Gasteiger partial charge in [0.25, 0.3) is 0 Å². The van der Waals surface area contributed by atoms with Gasteiger partial charge in [-0.2, -0.15) is 0 Å². The number of hydrogen-bond donors (Lipinski definition) is 35. The Balaban J connectivity index is 2.36. The van der Waals surface area contributed by atoms with Crippen molar-refractivity contribution < 1.29 is 127 Å². The number of aliphatic hydroxyl groups excluding tert-OH is 4. The summed E-state index contributed by atoms with van der Waals surface area (Å²) in [5.41, 5.74) is 33.7. The van der Waals surface area contributed by atoms with Crippen LogP contribution in [0.5, 0.6) is 5.75 Å². The minimum atomic E-state index is -2.00. The number of hydrogen-bond acceptors (Lipinski definition) is 29. The predicted octanol–water partition coefficient (Wildman–Crippen LogP) is -13.1. The molecule has 0 aliphatic rings. The monoisotopic (exact) mass is 1970 g/mol. The van der Waals surface area contributed by atoms with Crippen LogP contribution >= 0.6 is 0 Å². The van der Waals surface area contributed by atoms with Gasteiger partial charge in [0.05, 0.1) is 50.8 Å². The third kappa shape index (κ3) is 45.2. The lowest BCUT2D eigenvalue weighted by Gasteiger charge is -2.29. The maximum Gasteiger partial charge on any atom is 0.305 e. The molecule has 774 valence electrons. The molecule has 0 aromatic heterocycles. The van der Waals surface area contributed by atoms with Crippen LogP contribution in [0.15, 0.2) is 54.6 Å². The first-order chi connectivity index (χ1) is 65.1. The van der Waals surface area contributed by atoms with Crippen molar-refractivity contribution in [2.45, 2.75) is 261 Å². The van der Waals surface area contributed by atoms with Gasteiger partial charge >= 0.3 is 5.97 Å². The number of carbonyl (C=O) groups is 20. The Labute approximate surface area is 800 Å². The molecule has 0 radical (unpaired) electrons. The van der Waals surface area contributed by atoms with Gasteiger partial charge in [-0.3, -0.25) is 112 Å². The van der Waals surface area contributed by atoms with Crippen LogP contribution < -0.4 is 141 Å². The van der Waals surface area contributed by atoms with Crippen LogP contribution in [0, 0.1) is 28.1 Å². The number of carboxylic acid groups (broad SMARTS) is 1. The Hall–Kier alpha value is -14.8. The fourth-order valence-electron chi connectivity index (χ4n) is 12.9. The molecule has 0 bridgehead atoms. The lowest BCUT2D eigenvalue weighted by atomic mass is 9.96. The smallest absolute Gasteiger partial charge is 0.305 e. The summed E-state index contributed by atoms with van der Waals surface area (Å²) in [5, 5.41) is 131. The first-order valence-corrected chi connectivity index (χ1v) is 44.5. The zero-order valence-electron chi connectivity index (χ0n) is 78.9. The number of primary amides is 2. The molecular weight excluding hydrogens is 1830 g/mol. The normalized spacial score (nSPS) is 15.5. The van der Waals surface area contributed by atoms with Crippen molar-refractivity contribution in [2.24, 2.45) is 46.2 Å². The Morgan fingerprint density at radius 3 is 1.09 bits per heavy atom. The number of amides is 19. The highest BCUT2D eigenvalue weighted by Crippen LogP contribution is 2.17. The molecule has 0 saturated heterocycles. The number of guanidine groups is 3. The SMILES string of the molecule is CC[C@H](C)[C@H](NC(=O)[C@H](C)NC(=O)[C@H](CC(N)=O)NC(=O)[C@H](CCCNC(=N)N)NC(=O)[C@H](CCCNC(=N)N)NC(=O)CNC(=O)[C@@H](NC(=O)[C@H](CCCNC(=N)N)NC(=O)CNC(=O)[C@H](CO)NC(=O)[C@H](C)NC(=O)[C@@H](NC(=O)[C@H](Cc1ccccc1)NC(=O)[C@H](CC(=O)O)NC(=O)[C@H](C)NC(=O)[C@H](Cc1ccc(O)cc1)NC(=O)[C@@H](NC(=O)[C@@H](N)[C@@H](C)O)[C@@H](C)O)[C@@H](C)CC)[C@@H](C)O)C(N)=O. The van der Waals surface area contributed by atoms with Crippen LogP contribution in [-0.4, -0.2) is 321 Å². The van der Waals surface area contributed by atoms with E-state index in [1.54, 1.807) is 51.1 Å². The number of carboxylic acids is 1. The fraction of sp³-hybridized carbons (Fsp3) is 0.583. The van der Waals surface area contributed by atoms with Gasteiger partial charge in [0.2, 0.25) is 112 Å². The minimum absolute atomic E-state index is 0.0169. The third-order valence-corrected chi connectivity index (χ3v) is 21.3. The Bertz CT molecular complexity index is 4570. The van der Waals surface area contributed by atoms with Gasteiger partial charge in [-0.15, -0.1) is 0 Å². The van der Waals surface area contributed by atoms with Crippen LogP contribution in [-0.2, 0) is 109 Å². The number of aromatic hydroxyl groups is 1. The number of aliphatic hydroxyl groups is 4. The molecule has 0 aliphatic carbocycles. The number of phenols is 1. The van der Waals surface area contributed by atoms with Crippen molar-refractivity contribution in [2.75, 3.05) is 39.3 Å². The topological polar surface area (TPSA) is 931 Å². The van der Waals surface area contributed by atoms with E-state index in [-0.39, 0.29) is 83.2 Å². The number of aliphatic carboxylic acids is 1. The molecule has 21 atom stereocenters. The Morgan fingerprint density at radius 2 is 0.662 bits per heavy atom. The van der Waals surface area contributed by atoms with E-state index in [4.69, 9.17) is 50.6 Å². The summed E-state index contributed by atoms with van der Waals surface area (Å²) in [6.45, 7) is 10.1. The quantitative estimate of drug-likeness (QED) is 0.0166. The molecule has 0 unspecified atom stereocenters. The zero-order valence-corrected chi connectivity index (χ0v) is 78.9. The first-order valence-electron chi connectivity index (χ1n) is 44.5. The summed E-state index contributed by atoms with van der Waals surface area (Å²) in [5.74, 6) is -25.3. The summed E-state index contributed by atoms with van der Waals surface area (Å²) in [4.78, 5) is 272. The highest BCUT2D eigenvalue weighted by Gasteiger charge is 2.40. The summed E-state index contributed by atoms with van der Waals surface area (Å²) >= 11 is 0. The lowest BCUT2D eigenvalue weighted by molar-refractivity contribution is -0.141. The number of nitrogens with two attached hydrogens (primary N) is 6. The molecule has 0 spiro atoms. The summed E-state index contributed by atoms with van der Waals surface area (Å²) in [7, 11) is 0. The molecule has 0 heterocycles. The maximum absolute atomic E-state index is 14.6. The summed E-state index contributed by atoms with van der Waals surface area (Å²) in [6, 6.07) is -13.2. The van der Waals surface area contributed by atoms with Crippen molar-refractivity contribution in [3.8, 4) is 5.75 Å².